The summed E-state index contributed by atoms with van der Waals surface area (Å²) >= 11 is 0. The summed E-state index contributed by atoms with van der Waals surface area (Å²) in [6.45, 7) is 6.19. The zero-order valence-corrected chi connectivity index (χ0v) is 16.4. The maximum atomic E-state index is 12.7. The third-order valence-corrected chi connectivity index (χ3v) is 6.32. The van der Waals surface area contributed by atoms with Crippen LogP contribution in [0.2, 0.25) is 0 Å². The molecule has 148 valence electrons. The van der Waals surface area contributed by atoms with E-state index in [4.69, 9.17) is 4.74 Å². The summed E-state index contributed by atoms with van der Waals surface area (Å²) in [5, 5.41) is 3.41. The van der Waals surface area contributed by atoms with Crippen molar-refractivity contribution in [3.8, 4) is 5.75 Å². The van der Waals surface area contributed by atoms with Crippen molar-refractivity contribution in [2.45, 2.75) is 57.1 Å². The van der Waals surface area contributed by atoms with Crippen molar-refractivity contribution in [3.63, 3.8) is 0 Å². The SMILES string of the molecule is O=C(CCc1cccc(OC2CCCC2)c1)N1CCC(N2CCNCC2)C1. The lowest BCUT2D eigenvalue weighted by molar-refractivity contribution is -0.130. The molecule has 1 saturated carbocycles. The number of rotatable bonds is 6. The molecule has 2 saturated heterocycles. The molecule has 27 heavy (non-hydrogen) atoms. The molecule has 2 heterocycles. The van der Waals surface area contributed by atoms with Gasteiger partial charge in [0.1, 0.15) is 5.75 Å². The molecule has 4 rings (SSSR count). The van der Waals surface area contributed by atoms with Crippen LogP contribution in [0.15, 0.2) is 24.3 Å². The fraction of sp³-hybridized carbons (Fsp3) is 0.682. The van der Waals surface area contributed by atoms with Crippen molar-refractivity contribution in [3.05, 3.63) is 29.8 Å². The smallest absolute Gasteiger partial charge is 0.222 e. The molecule has 0 radical (unpaired) electrons. The van der Waals surface area contributed by atoms with Gasteiger partial charge in [-0.1, -0.05) is 12.1 Å². The summed E-state index contributed by atoms with van der Waals surface area (Å²) in [5.41, 5.74) is 1.21. The van der Waals surface area contributed by atoms with E-state index in [0.29, 0.717) is 24.5 Å². The minimum atomic E-state index is 0.301. The van der Waals surface area contributed by atoms with Gasteiger partial charge in [0.15, 0.2) is 0 Å². The number of hydrogen-bond acceptors (Lipinski definition) is 4. The van der Waals surface area contributed by atoms with Crippen LogP contribution in [0.3, 0.4) is 0 Å². The average molecular weight is 372 g/mol. The average Bonchev–Trinajstić information content (AvgIpc) is 3.39. The number of aryl methyl sites for hydroxylation is 1. The number of carbonyl (C=O) groups excluding carboxylic acids is 1. The Bertz CT molecular complexity index is 624. The monoisotopic (exact) mass is 371 g/mol. The molecule has 0 bridgehead atoms. The first kappa shape index (κ1) is 18.8. The van der Waals surface area contributed by atoms with Crippen LogP contribution in [-0.4, -0.2) is 67.1 Å². The number of amides is 1. The molecular weight excluding hydrogens is 338 g/mol. The van der Waals surface area contributed by atoms with Crippen molar-refractivity contribution >= 4 is 5.91 Å². The molecule has 3 fully saturated rings. The van der Waals surface area contributed by atoms with Crippen LogP contribution in [0.4, 0.5) is 0 Å². The van der Waals surface area contributed by atoms with E-state index < -0.39 is 0 Å². The summed E-state index contributed by atoms with van der Waals surface area (Å²) in [6.07, 6.45) is 7.81. The maximum absolute atomic E-state index is 12.7. The van der Waals surface area contributed by atoms with Crippen molar-refractivity contribution in [2.24, 2.45) is 0 Å². The Hall–Kier alpha value is -1.59. The highest BCUT2D eigenvalue weighted by Crippen LogP contribution is 2.25. The van der Waals surface area contributed by atoms with E-state index in [1.165, 1.54) is 31.2 Å². The minimum Gasteiger partial charge on any atom is -0.490 e. The Labute approximate surface area is 163 Å². The van der Waals surface area contributed by atoms with Gasteiger partial charge in [-0.3, -0.25) is 9.69 Å². The van der Waals surface area contributed by atoms with E-state index >= 15 is 0 Å². The highest BCUT2D eigenvalue weighted by molar-refractivity contribution is 5.76. The van der Waals surface area contributed by atoms with Crippen LogP contribution in [0.1, 0.15) is 44.1 Å². The predicted molar refractivity (Wildman–Crippen MR) is 107 cm³/mol. The van der Waals surface area contributed by atoms with Gasteiger partial charge in [0.2, 0.25) is 5.91 Å². The number of piperazine rings is 1. The summed E-state index contributed by atoms with van der Waals surface area (Å²) in [4.78, 5) is 17.3. The van der Waals surface area contributed by atoms with Gasteiger partial charge in [-0.2, -0.15) is 0 Å². The van der Waals surface area contributed by atoms with Crippen LogP contribution < -0.4 is 10.1 Å². The van der Waals surface area contributed by atoms with E-state index in [1.54, 1.807) is 0 Å². The van der Waals surface area contributed by atoms with Gasteiger partial charge in [-0.25, -0.2) is 0 Å². The Morgan fingerprint density at radius 1 is 1.11 bits per heavy atom. The van der Waals surface area contributed by atoms with Gasteiger partial charge >= 0.3 is 0 Å². The largest absolute Gasteiger partial charge is 0.490 e. The van der Waals surface area contributed by atoms with E-state index in [2.05, 4.69) is 33.3 Å². The Morgan fingerprint density at radius 2 is 1.93 bits per heavy atom. The Balaban J connectivity index is 1.24. The minimum absolute atomic E-state index is 0.301. The molecule has 1 aromatic rings. The third kappa shape index (κ3) is 5.02. The molecule has 1 atom stereocenters. The number of benzene rings is 1. The fourth-order valence-electron chi connectivity index (χ4n) is 4.70. The highest BCUT2D eigenvalue weighted by Gasteiger charge is 2.30. The lowest BCUT2D eigenvalue weighted by Gasteiger charge is -2.32. The van der Waals surface area contributed by atoms with Crippen molar-refractivity contribution in [2.75, 3.05) is 39.3 Å². The Kier molecular flexibility index (Phi) is 6.30. The number of hydrogen-bond donors (Lipinski definition) is 1. The van der Waals surface area contributed by atoms with Gasteiger partial charge in [-0.15, -0.1) is 0 Å². The molecule has 1 aromatic carbocycles. The van der Waals surface area contributed by atoms with Crippen molar-refractivity contribution in [1.82, 2.24) is 15.1 Å². The molecular formula is C22H33N3O2. The molecule has 2 aliphatic heterocycles. The molecule has 3 aliphatic rings. The van der Waals surface area contributed by atoms with E-state index in [9.17, 15) is 4.79 Å². The van der Waals surface area contributed by atoms with Crippen LogP contribution in [0.25, 0.3) is 0 Å². The second-order valence-corrected chi connectivity index (χ2v) is 8.24. The van der Waals surface area contributed by atoms with Gasteiger partial charge < -0.3 is 15.0 Å². The maximum Gasteiger partial charge on any atom is 0.222 e. The molecule has 1 amide bonds. The van der Waals surface area contributed by atoms with E-state index in [-0.39, 0.29) is 0 Å². The van der Waals surface area contributed by atoms with E-state index in [1.807, 2.05) is 6.07 Å². The number of likely N-dealkylation sites (tertiary alicyclic amines) is 1. The van der Waals surface area contributed by atoms with Crippen LogP contribution in [-0.2, 0) is 11.2 Å². The Morgan fingerprint density at radius 3 is 2.74 bits per heavy atom. The fourth-order valence-corrected chi connectivity index (χ4v) is 4.70. The van der Waals surface area contributed by atoms with Gasteiger partial charge in [0, 0.05) is 51.7 Å². The first-order valence-corrected chi connectivity index (χ1v) is 10.8. The second kappa shape index (κ2) is 9.07. The zero-order valence-electron chi connectivity index (χ0n) is 16.4. The van der Waals surface area contributed by atoms with Crippen LogP contribution in [0, 0.1) is 0 Å². The lowest BCUT2D eigenvalue weighted by Crippen LogP contribution is -2.49. The zero-order chi connectivity index (χ0) is 18.5. The summed E-state index contributed by atoms with van der Waals surface area (Å²) < 4.78 is 6.10. The number of nitrogens with one attached hydrogen (secondary N) is 1. The lowest BCUT2D eigenvalue weighted by atomic mass is 10.1. The van der Waals surface area contributed by atoms with E-state index in [0.717, 1.165) is 57.9 Å². The standard InChI is InChI=1S/C22H33N3O2/c26-22(25-13-10-19(17-25)24-14-11-23-12-15-24)9-8-18-4-3-7-21(16-18)27-20-5-1-2-6-20/h3-4,7,16,19-20,23H,1-2,5-6,8-15,17H2. The van der Waals surface area contributed by atoms with Crippen molar-refractivity contribution in [1.29, 1.82) is 0 Å². The molecule has 1 N–H and O–H groups in total. The topological polar surface area (TPSA) is 44.8 Å². The summed E-state index contributed by atoms with van der Waals surface area (Å²) in [6, 6.07) is 8.89. The summed E-state index contributed by atoms with van der Waals surface area (Å²) in [5.74, 6) is 1.27. The number of nitrogens with zero attached hydrogens (tertiary/aromatic N) is 2. The van der Waals surface area contributed by atoms with Crippen molar-refractivity contribution < 1.29 is 9.53 Å². The molecule has 0 spiro atoms. The molecule has 1 unspecified atom stereocenters. The number of carbonyl (C=O) groups is 1. The third-order valence-electron chi connectivity index (χ3n) is 6.32. The second-order valence-electron chi connectivity index (χ2n) is 8.24. The first-order chi connectivity index (χ1) is 13.3. The van der Waals surface area contributed by atoms with Crippen LogP contribution >= 0.6 is 0 Å². The highest BCUT2D eigenvalue weighted by atomic mass is 16.5. The first-order valence-electron chi connectivity index (χ1n) is 10.8. The van der Waals surface area contributed by atoms with Crippen LogP contribution in [0.5, 0.6) is 5.75 Å². The van der Waals surface area contributed by atoms with Gasteiger partial charge in [0.05, 0.1) is 6.10 Å². The quantitative estimate of drug-likeness (QED) is 0.834. The molecule has 5 nitrogen and oxygen atoms in total. The molecule has 5 heteroatoms. The molecule has 1 aliphatic carbocycles. The van der Waals surface area contributed by atoms with Gasteiger partial charge in [-0.05, 0) is 56.2 Å². The van der Waals surface area contributed by atoms with Gasteiger partial charge in [0.25, 0.3) is 0 Å². The summed E-state index contributed by atoms with van der Waals surface area (Å²) in [7, 11) is 0. The normalized spacial score (nSPS) is 24.4. The molecule has 0 aromatic heterocycles. The predicted octanol–water partition coefficient (Wildman–Crippen LogP) is 2.45. The number of ether oxygens (including phenoxy) is 1.